The highest BCUT2D eigenvalue weighted by atomic mass is 35.5. The third-order valence-electron chi connectivity index (χ3n) is 4.21. The normalized spacial score (nSPS) is 15.1. The summed E-state index contributed by atoms with van der Waals surface area (Å²) < 4.78 is 0. The van der Waals surface area contributed by atoms with E-state index in [0.717, 1.165) is 0 Å². The molecule has 0 spiro atoms. The van der Waals surface area contributed by atoms with Gasteiger partial charge in [-0.15, -0.1) is 0 Å². The first-order valence-electron chi connectivity index (χ1n) is 7.97. The summed E-state index contributed by atoms with van der Waals surface area (Å²) in [6.07, 6.45) is 1.28. The summed E-state index contributed by atoms with van der Waals surface area (Å²) in [6, 6.07) is 6.34. The molecule has 0 radical (unpaired) electrons. The van der Waals surface area contributed by atoms with Gasteiger partial charge >= 0.3 is 5.97 Å². The monoisotopic (exact) mass is 428 g/mol. The average molecular weight is 430 g/mol. The number of amidine groups is 1. The maximum absolute atomic E-state index is 11.0. The van der Waals surface area contributed by atoms with Gasteiger partial charge in [-0.25, -0.2) is 9.78 Å². The van der Waals surface area contributed by atoms with Gasteiger partial charge in [0.1, 0.15) is 5.82 Å². The van der Waals surface area contributed by atoms with E-state index in [-0.39, 0.29) is 10.6 Å². The second kappa shape index (κ2) is 8.21. The van der Waals surface area contributed by atoms with Gasteiger partial charge in [-0.3, -0.25) is 0 Å². The minimum absolute atomic E-state index is 0.0349. The van der Waals surface area contributed by atoms with Crippen molar-refractivity contribution in [2.45, 2.75) is 0 Å². The summed E-state index contributed by atoms with van der Waals surface area (Å²) in [7, 11) is 0. The van der Waals surface area contributed by atoms with Crippen LogP contribution < -0.4 is 4.90 Å². The van der Waals surface area contributed by atoms with Gasteiger partial charge in [0.25, 0.3) is 0 Å². The van der Waals surface area contributed by atoms with Crippen LogP contribution in [0.4, 0.5) is 5.82 Å². The number of carboxylic acid groups (broad SMARTS) is 1. The average Bonchev–Trinajstić information content (AvgIpc) is 2.65. The number of nitrogens with zero attached hydrogens (tertiary/aromatic N) is 4. The zero-order chi connectivity index (χ0) is 19.6. The third-order valence-corrected chi connectivity index (χ3v) is 5.05. The highest BCUT2D eigenvalue weighted by Crippen LogP contribution is 2.27. The molecular weight excluding hydrogens is 415 g/mol. The van der Waals surface area contributed by atoms with E-state index in [9.17, 15) is 10.0 Å². The number of carboxylic acids is 1. The molecular formula is C17H15Cl3N4O3. The summed E-state index contributed by atoms with van der Waals surface area (Å²) in [5.74, 6) is -0.227. The number of carbonyl (C=O) groups is 1. The van der Waals surface area contributed by atoms with Crippen LogP contribution in [-0.2, 0) is 0 Å². The van der Waals surface area contributed by atoms with Crippen LogP contribution in [0.2, 0.25) is 15.1 Å². The molecule has 0 saturated carbocycles. The topological polar surface area (TPSA) is 89.3 Å². The predicted molar refractivity (Wildman–Crippen MR) is 105 cm³/mol. The fraction of sp³-hybridized carbons (Fsp3) is 0.235. The van der Waals surface area contributed by atoms with Crippen molar-refractivity contribution in [1.82, 2.24) is 9.88 Å². The van der Waals surface area contributed by atoms with E-state index in [1.165, 1.54) is 12.3 Å². The molecule has 1 aliphatic rings. The number of pyridine rings is 1. The first-order valence-corrected chi connectivity index (χ1v) is 9.10. The molecule has 2 heterocycles. The maximum Gasteiger partial charge on any atom is 0.337 e. The van der Waals surface area contributed by atoms with E-state index in [1.54, 1.807) is 18.2 Å². The van der Waals surface area contributed by atoms with E-state index >= 15 is 0 Å². The number of hydrogen-bond acceptors (Lipinski definition) is 5. The second-order valence-electron chi connectivity index (χ2n) is 5.86. The molecule has 2 aromatic rings. The van der Waals surface area contributed by atoms with Gasteiger partial charge in [0.2, 0.25) is 0 Å². The van der Waals surface area contributed by atoms with Gasteiger partial charge in [-0.1, -0.05) is 40.0 Å². The molecule has 27 heavy (non-hydrogen) atoms. The standard InChI is InChI=1S/C17H15Cl3N4O3/c18-11-1-2-13(19)12(8-11)15(22-27)23-3-5-24(6-4-23)16-14(20)7-10(9-21-16)17(25)26/h1-2,7-9,27H,3-6H2,(H,25,26). The molecule has 0 aliphatic carbocycles. The van der Waals surface area contributed by atoms with Crippen molar-refractivity contribution in [3.63, 3.8) is 0 Å². The lowest BCUT2D eigenvalue weighted by Crippen LogP contribution is -2.49. The smallest absolute Gasteiger partial charge is 0.337 e. The third kappa shape index (κ3) is 4.21. The summed E-state index contributed by atoms with van der Waals surface area (Å²) >= 11 is 18.4. The molecule has 142 valence electrons. The van der Waals surface area contributed by atoms with Crippen molar-refractivity contribution in [1.29, 1.82) is 0 Å². The van der Waals surface area contributed by atoms with Crippen molar-refractivity contribution < 1.29 is 15.1 Å². The molecule has 0 bridgehead atoms. The molecule has 1 aromatic heterocycles. The van der Waals surface area contributed by atoms with E-state index in [0.29, 0.717) is 53.4 Å². The molecule has 2 N–H and O–H groups in total. The Hall–Kier alpha value is -2.22. The van der Waals surface area contributed by atoms with Crippen molar-refractivity contribution in [3.05, 3.63) is 56.7 Å². The zero-order valence-electron chi connectivity index (χ0n) is 13.9. The van der Waals surface area contributed by atoms with E-state index in [2.05, 4.69) is 10.1 Å². The van der Waals surface area contributed by atoms with Crippen molar-refractivity contribution in [3.8, 4) is 0 Å². The summed E-state index contributed by atoms with van der Waals surface area (Å²) in [4.78, 5) is 19.0. The van der Waals surface area contributed by atoms with Crippen LogP contribution in [0.1, 0.15) is 15.9 Å². The van der Waals surface area contributed by atoms with Crippen molar-refractivity contribution in [2.24, 2.45) is 5.16 Å². The molecule has 7 nitrogen and oxygen atoms in total. The summed E-state index contributed by atoms with van der Waals surface area (Å²) in [6.45, 7) is 2.16. The number of anilines is 1. The Labute approximate surface area is 170 Å². The van der Waals surface area contributed by atoms with Crippen LogP contribution in [-0.4, -0.2) is 58.2 Å². The molecule has 10 heteroatoms. The molecule has 0 amide bonds. The van der Waals surface area contributed by atoms with Gasteiger partial charge < -0.3 is 20.1 Å². The Morgan fingerprint density at radius 3 is 2.37 bits per heavy atom. The summed E-state index contributed by atoms with van der Waals surface area (Å²) in [5.41, 5.74) is 0.578. The SMILES string of the molecule is O=C(O)c1cnc(N2CCN(C(=NO)c3cc(Cl)ccc3Cl)CC2)c(Cl)c1. The first-order chi connectivity index (χ1) is 12.9. The first kappa shape index (κ1) is 19.5. The van der Waals surface area contributed by atoms with E-state index < -0.39 is 5.97 Å². The molecule has 1 aliphatic heterocycles. The number of oxime groups is 1. The molecule has 1 fully saturated rings. The van der Waals surface area contributed by atoms with Crippen LogP contribution in [0.25, 0.3) is 0 Å². The van der Waals surface area contributed by atoms with Crippen molar-refractivity contribution in [2.75, 3.05) is 31.1 Å². The Balaban J connectivity index is 1.75. The van der Waals surface area contributed by atoms with Crippen molar-refractivity contribution >= 4 is 52.4 Å². The van der Waals surface area contributed by atoms with Crippen LogP contribution >= 0.6 is 34.8 Å². The number of halogens is 3. The van der Waals surface area contributed by atoms with Gasteiger partial charge in [0, 0.05) is 43.0 Å². The molecule has 1 aromatic carbocycles. The predicted octanol–water partition coefficient (Wildman–Crippen LogP) is 3.70. The number of hydrogen-bond donors (Lipinski definition) is 2. The Morgan fingerprint density at radius 1 is 1.07 bits per heavy atom. The lowest BCUT2D eigenvalue weighted by atomic mass is 10.1. The highest BCUT2D eigenvalue weighted by Gasteiger charge is 2.25. The lowest BCUT2D eigenvalue weighted by Gasteiger charge is -2.37. The second-order valence-corrected chi connectivity index (χ2v) is 7.11. The molecule has 0 unspecified atom stereocenters. The van der Waals surface area contributed by atoms with E-state index in [1.807, 2.05) is 9.80 Å². The van der Waals surface area contributed by atoms with E-state index in [4.69, 9.17) is 39.9 Å². The van der Waals surface area contributed by atoms with Gasteiger partial charge in [0.15, 0.2) is 5.84 Å². The van der Waals surface area contributed by atoms with Crippen LogP contribution in [0.15, 0.2) is 35.6 Å². The highest BCUT2D eigenvalue weighted by molar-refractivity contribution is 6.36. The Bertz CT molecular complexity index is 899. The summed E-state index contributed by atoms with van der Waals surface area (Å²) in [5, 5.41) is 23.1. The molecule has 1 saturated heterocycles. The van der Waals surface area contributed by atoms with Gasteiger partial charge in [0.05, 0.1) is 15.6 Å². The minimum Gasteiger partial charge on any atom is -0.478 e. The Morgan fingerprint density at radius 2 is 1.78 bits per heavy atom. The van der Waals surface area contributed by atoms with Crippen LogP contribution in [0.5, 0.6) is 0 Å². The lowest BCUT2D eigenvalue weighted by molar-refractivity contribution is 0.0696. The Kier molecular flexibility index (Phi) is 5.94. The fourth-order valence-electron chi connectivity index (χ4n) is 2.87. The number of piperazine rings is 1. The van der Waals surface area contributed by atoms with Crippen LogP contribution in [0.3, 0.4) is 0 Å². The largest absolute Gasteiger partial charge is 0.478 e. The zero-order valence-corrected chi connectivity index (χ0v) is 16.2. The fourth-order valence-corrected chi connectivity index (χ4v) is 3.53. The molecule has 3 rings (SSSR count). The number of benzene rings is 1. The quantitative estimate of drug-likeness (QED) is 0.335. The maximum atomic E-state index is 11.0. The minimum atomic E-state index is -1.08. The molecule has 0 atom stereocenters. The number of aromatic carboxylic acids is 1. The van der Waals surface area contributed by atoms with Crippen LogP contribution in [0, 0.1) is 0 Å². The number of rotatable bonds is 3. The van der Waals surface area contributed by atoms with Gasteiger partial charge in [-0.2, -0.15) is 0 Å². The van der Waals surface area contributed by atoms with Gasteiger partial charge in [-0.05, 0) is 24.3 Å². The number of aromatic nitrogens is 1.